The fourth-order valence-corrected chi connectivity index (χ4v) is 4.26. The number of nitrogens with zero attached hydrogens (tertiary/aromatic N) is 2. The Bertz CT molecular complexity index is 1300. The normalized spacial score (nSPS) is 19.5. The second kappa shape index (κ2) is 10.3. The van der Waals surface area contributed by atoms with Crippen molar-refractivity contribution in [2.24, 2.45) is 7.05 Å². The minimum absolute atomic E-state index is 0.139. The highest BCUT2D eigenvalue weighted by Gasteiger charge is 2.40. The Hall–Kier alpha value is -3.25. The molecule has 10 heteroatoms. The molecule has 0 radical (unpaired) electrons. The van der Waals surface area contributed by atoms with Gasteiger partial charge in [0.15, 0.2) is 0 Å². The van der Waals surface area contributed by atoms with Crippen LogP contribution in [0, 0.1) is 3.57 Å². The molecular formula is C24H21IN2O7. The molecule has 1 fully saturated rings. The third-order valence-corrected chi connectivity index (χ3v) is 6.16. The van der Waals surface area contributed by atoms with Crippen LogP contribution >= 0.6 is 22.6 Å². The van der Waals surface area contributed by atoms with Gasteiger partial charge >= 0.3 is 17.6 Å². The molecule has 3 aromatic rings. The maximum atomic E-state index is 12.7. The first kappa shape index (κ1) is 23.9. The summed E-state index contributed by atoms with van der Waals surface area (Å²) < 4.78 is 19.7. The van der Waals surface area contributed by atoms with E-state index in [1.165, 1.54) is 17.8 Å². The number of hydrogen-bond acceptors (Lipinski definition) is 7. The summed E-state index contributed by atoms with van der Waals surface area (Å²) in [5, 5.41) is 0. The van der Waals surface area contributed by atoms with Gasteiger partial charge in [-0.2, -0.15) is 0 Å². The fourth-order valence-electron chi connectivity index (χ4n) is 3.60. The highest BCUT2D eigenvalue weighted by atomic mass is 127. The summed E-state index contributed by atoms with van der Waals surface area (Å²) in [6.07, 6.45) is -0.873. The topological polar surface area (TPSA) is 106 Å². The number of ether oxygens (including phenoxy) is 3. The number of esters is 2. The molecule has 2 heterocycles. The van der Waals surface area contributed by atoms with Gasteiger partial charge in [0.1, 0.15) is 25.0 Å². The molecular weight excluding hydrogens is 555 g/mol. The Morgan fingerprint density at radius 2 is 1.59 bits per heavy atom. The monoisotopic (exact) mass is 576 g/mol. The van der Waals surface area contributed by atoms with Crippen LogP contribution in [0.25, 0.3) is 0 Å². The average molecular weight is 576 g/mol. The molecule has 3 atom stereocenters. The number of aromatic nitrogens is 2. The molecule has 0 N–H and O–H groups in total. The zero-order valence-corrected chi connectivity index (χ0v) is 20.3. The van der Waals surface area contributed by atoms with Gasteiger partial charge in [-0.15, -0.1) is 0 Å². The number of hydrogen-bond donors (Lipinski definition) is 0. The van der Waals surface area contributed by atoms with E-state index in [-0.39, 0.29) is 13.0 Å². The van der Waals surface area contributed by atoms with Crippen LogP contribution in [0.2, 0.25) is 0 Å². The molecule has 0 aliphatic carbocycles. The summed E-state index contributed by atoms with van der Waals surface area (Å²) in [6.45, 7) is -0.186. The Labute approximate surface area is 208 Å². The van der Waals surface area contributed by atoms with E-state index in [4.69, 9.17) is 14.2 Å². The minimum Gasteiger partial charge on any atom is -0.459 e. The van der Waals surface area contributed by atoms with E-state index in [0.717, 1.165) is 4.57 Å². The molecule has 1 saturated heterocycles. The summed E-state index contributed by atoms with van der Waals surface area (Å²) >= 11 is 1.85. The van der Waals surface area contributed by atoms with Crippen LogP contribution in [-0.2, 0) is 21.3 Å². The van der Waals surface area contributed by atoms with Crippen molar-refractivity contribution in [2.75, 3.05) is 6.61 Å². The van der Waals surface area contributed by atoms with E-state index < -0.39 is 41.6 Å². The van der Waals surface area contributed by atoms with Crippen molar-refractivity contribution in [3.8, 4) is 0 Å². The van der Waals surface area contributed by atoms with E-state index in [1.807, 2.05) is 22.6 Å². The summed E-state index contributed by atoms with van der Waals surface area (Å²) in [6, 6.07) is 16.9. The van der Waals surface area contributed by atoms with Crippen LogP contribution in [0.15, 0.2) is 76.4 Å². The maximum absolute atomic E-state index is 12.7. The van der Waals surface area contributed by atoms with Crippen molar-refractivity contribution < 1.29 is 23.8 Å². The Morgan fingerprint density at radius 1 is 1.00 bits per heavy atom. The molecule has 0 bridgehead atoms. The van der Waals surface area contributed by atoms with Gasteiger partial charge in [0.2, 0.25) is 0 Å². The lowest BCUT2D eigenvalue weighted by atomic mass is 10.1. The summed E-state index contributed by atoms with van der Waals surface area (Å²) in [5.74, 6) is -1.11. The predicted molar refractivity (Wildman–Crippen MR) is 130 cm³/mol. The van der Waals surface area contributed by atoms with Gasteiger partial charge in [-0.3, -0.25) is 13.9 Å². The smallest absolute Gasteiger partial charge is 0.338 e. The van der Waals surface area contributed by atoms with Gasteiger partial charge in [0, 0.05) is 19.7 Å². The lowest BCUT2D eigenvalue weighted by Gasteiger charge is -2.19. The summed E-state index contributed by atoms with van der Waals surface area (Å²) in [5.41, 5.74) is -0.246. The van der Waals surface area contributed by atoms with Gasteiger partial charge in [-0.25, -0.2) is 14.4 Å². The molecule has 0 spiro atoms. The molecule has 0 saturated carbocycles. The quantitative estimate of drug-likeness (QED) is 0.328. The minimum atomic E-state index is -0.818. The number of rotatable bonds is 6. The van der Waals surface area contributed by atoms with E-state index in [2.05, 4.69) is 0 Å². The van der Waals surface area contributed by atoms with Crippen LogP contribution < -0.4 is 11.2 Å². The van der Waals surface area contributed by atoms with Gasteiger partial charge in [-0.05, 0) is 46.9 Å². The number of carbonyl (C=O) groups excluding carboxylic acids is 2. The Balaban J connectivity index is 1.56. The van der Waals surface area contributed by atoms with Crippen LogP contribution in [0.5, 0.6) is 0 Å². The van der Waals surface area contributed by atoms with Crippen LogP contribution in [0.4, 0.5) is 0 Å². The maximum Gasteiger partial charge on any atom is 0.338 e. The molecule has 1 unspecified atom stereocenters. The van der Waals surface area contributed by atoms with Crippen LogP contribution in [0.3, 0.4) is 0 Å². The molecule has 1 aliphatic rings. The highest BCUT2D eigenvalue weighted by Crippen LogP contribution is 2.31. The molecule has 4 rings (SSSR count). The van der Waals surface area contributed by atoms with Crippen molar-refractivity contribution in [3.63, 3.8) is 0 Å². The van der Waals surface area contributed by atoms with Gasteiger partial charge < -0.3 is 14.2 Å². The van der Waals surface area contributed by atoms with Gasteiger partial charge in [-0.1, -0.05) is 36.4 Å². The van der Waals surface area contributed by atoms with Crippen molar-refractivity contribution in [1.29, 1.82) is 0 Å². The third kappa shape index (κ3) is 5.12. The summed E-state index contributed by atoms with van der Waals surface area (Å²) in [7, 11) is 1.38. The van der Waals surface area contributed by atoms with Gasteiger partial charge in [0.05, 0.1) is 14.7 Å². The average Bonchev–Trinajstić information content (AvgIpc) is 3.26. The second-order valence-electron chi connectivity index (χ2n) is 7.67. The van der Waals surface area contributed by atoms with Crippen molar-refractivity contribution in [2.45, 2.75) is 24.9 Å². The Kier molecular flexibility index (Phi) is 7.27. The molecule has 34 heavy (non-hydrogen) atoms. The Morgan fingerprint density at radius 3 is 2.21 bits per heavy atom. The lowest BCUT2D eigenvalue weighted by Crippen LogP contribution is -2.40. The largest absolute Gasteiger partial charge is 0.459 e. The molecule has 1 aromatic heterocycles. The molecule has 0 amide bonds. The van der Waals surface area contributed by atoms with Crippen molar-refractivity contribution in [1.82, 2.24) is 9.13 Å². The fraction of sp³-hybridized carbons (Fsp3) is 0.250. The standard InChI is InChI=1S/C24H21IN2O7/c1-26-21(28)17(25)13-27(24(26)31)20-12-18(34-23(30)16-10-6-3-7-11-16)19(33-20)14-32-22(29)15-8-4-2-5-9-15/h2-11,13,18-20H,12,14H2,1H3/t18?,19-,20-/m0/s1. The second-order valence-corrected chi connectivity index (χ2v) is 8.83. The van der Waals surface area contributed by atoms with Crippen molar-refractivity contribution in [3.05, 3.63) is 102 Å². The van der Waals surface area contributed by atoms with E-state index in [1.54, 1.807) is 60.7 Å². The number of benzene rings is 2. The number of carbonyl (C=O) groups is 2. The zero-order valence-electron chi connectivity index (χ0n) is 18.1. The first-order valence-electron chi connectivity index (χ1n) is 10.5. The zero-order chi connectivity index (χ0) is 24.2. The lowest BCUT2D eigenvalue weighted by molar-refractivity contribution is -0.0585. The SMILES string of the molecule is Cn1c(=O)c(I)cn([C@@H]2CC(OC(=O)c3ccccc3)[C@H](COC(=O)c3ccccc3)O2)c1=O. The number of halogens is 1. The molecule has 176 valence electrons. The van der Waals surface area contributed by atoms with Crippen molar-refractivity contribution >= 4 is 34.5 Å². The van der Waals surface area contributed by atoms with Crippen LogP contribution in [0.1, 0.15) is 33.4 Å². The third-order valence-electron chi connectivity index (χ3n) is 5.42. The molecule has 9 nitrogen and oxygen atoms in total. The first-order chi connectivity index (χ1) is 16.3. The van der Waals surface area contributed by atoms with E-state index in [9.17, 15) is 19.2 Å². The highest BCUT2D eigenvalue weighted by molar-refractivity contribution is 14.1. The van der Waals surface area contributed by atoms with Gasteiger partial charge in [0.25, 0.3) is 5.56 Å². The first-order valence-corrected chi connectivity index (χ1v) is 11.5. The van der Waals surface area contributed by atoms with E-state index >= 15 is 0 Å². The molecule has 2 aromatic carbocycles. The van der Waals surface area contributed by atoms with Crippen LogP contribution in [-0.4, -0.2) is 39.9 Å². The summed E-state index contributed by atoms with van der Waals surface area (Å²) in [4.78, 5) is 49.8. The molecule has 1 aliphatic heterocycles. The predicted octanol–water partition coefficient (Wildman–Crippen LogP) is 2.52. The van der Waals surface area contributed by atoms with E-state index in [0.29, 0.717) is 14.7 Å².